The second-order valence-corrected chi connectivity index (χ2v) is 9.23. The van der Waals surface area contributed by atoms with Crippen molar-refractivity contribution < 1.29 is 9.18 Å². The highest BCUT2D eigenvalue weighted by Crippen LogP contribution is 2.29. The maximum atomic E-state index is 14.3. The largest absolute Gasteiger partial charge is 0.324 e. The van der Waals surface area contributed by atoms with Crippen molar-refractivity contribution in [3.05, 3.63) is 67.0 Å². The van der Waals surface area contributed by atoms with Gasteiger partial charge in [0.05, 0.1) is 17.0 Å². The van der Waals surface area contributed by atoms with Crippen molar-refractivity contribution in [3.8, 4) is 11.4 Å². The number of nitrogens with zero attached hydrogens (tertiary/aromatic N) is 3. The molecule has 0 aliphatic carbocycles. The third-order valence-electron chi connectivity index (χ3n) is 4.23. The van der Waals surface area contributed by atoms with Gasteiger partial charge in [0.15, 0.2) is 11.0 Å². The van der Waals surface area contributed by atoms with Crippen LogP contribution in [-0.4, -0.2) is 32.2 Å². The first-order valence-corrected chi connectivity index (χ1v) is 11.9. The van der Waals surface area contributed by atoms with Gasteiger partial charge in [-0.05, 0) is 30.2 Å². The molecule has 0 saturated heterocycles. The standard InChI is InChI=1S/C23H25FN4OS2/c1-4-13-30-20-12-8-7-11-19(20)25-21(29)15-31-23-27-26-22(28(23)14-16(2)3)17-9-5-6-10-18(17)24/h4-12,16H,1,13-15H2,2-3H3,(H,25,29). The topological polar surface area (TPSA) is 59.8 Å². The number of aromatic nitrogens is 3. The Hall–Kier alpha value is -2.58. The number of hydrogen-bond acceptors (Lipinski definition) is 5. The summed E-state index contributed by atoms with van der Waals surface area (Å²) in [6.07, 6.45) is 1.83. The second-order valence-electron chi connectivity index (χ2n) is 7.22. The number of carbonyl (C=O) groups is 1. The lowest BCUT2D eigenvalue weighted by Gasteiger charge is -2.13. The summed E-state index contributed by atoms with van der Waals surface area (Å²) >= 11 is 2.91. The van der Waals surface area contributed by atoms with E-state index in [9.17, 15) is 9.18 Å². The Morgan fingerprint density at radius 1 is 1.16 bits per heavy atom. The van der Waals surface area contributed by atoms with E-state index in [1.165, 1.54) is 17.8 Å². The van der Waals surface area contributed by atoms with Crippen LogP contribution in [0.2, 0.25) is 0 Å². The van der Waals surface area contributed by atoms with Gasteiger partial charge in [0.1, 0.15) is 5.82 Å². The van der Waals surface area contributed by atoms with Crippen LogP contribution in [0, 0.1) is 11.7 Å². The monoisotopic (exact) mass is 456 g/mol. The van der Waals surface area contributed by atoms with Gasteiger partial charge < -0.3 is 9.88 Å². The highest BCUT2D eigenvalue weighted by molar-refractivity contribution is 8.00. The average Bonchev–Trinajstić information content (AvgIpc) is 3.13. The summed E-state index contributed by atoms with van der Waals surface area (Å²) in [6.45, 7) is 8.51. The molecular weight excluding hydrogens is 431 g/mol. The molecule has 0 radical (unpaired) electrons. The van der Waals surface area contributed by atoms with Crippen LogP contribution in [0.4, 0.5) is 10.1 Å². The fourth-order valence-electron chi connectivity index (χ4n) is 2.93. The van der Waals surface area contributed by atoms with Crippen LogP contribution in [0.3, 0.4) is 0 Å². The van der Waals surface area contributed by atoms with Crippen molar-refractivity contribution in [2.75, 3.05) is 16.8 Å². The molecule has 0 spiro atoms. The number of para-hydroxylation sites is 1. The minimum Gasteiger partial charge on any atom is -0.324 e. The van der Waals surface area contributed by atoms with E-state index in [0.29, 0.717) is 29.0 Å². The maximum Gasteiger partial charge on any atom is 0.234 e. The highest BCUT2D eigenvalue weighted by Gasteiger charge is 2.19. The molecule has 5 nitrogen and oxygen atoms in total. The fraction of sp³-hybridized carbons (Fsp3) is 0.261. The number of amides is 1. The van der Waals surface area contributed by atoms with Crippen molar-refractivity contribution in [3.63, 3.8) is 0 Å². The molecule has 2 aromatic carbocycles. The van der Waals surface area contributed by atoms with E-state index in [1.54, 1.807) is 30.0 Å². The first-order chi connectivity index (χ1) is 15.0. The Bertz CT molecular complexity index is 1050. The molecule has 0 aliphatic heterocycles. The molecule has 3 aromatic rings. The molecule has 1 heterocycles. The molecule has 0 aliphatic rings. The minimum atomic E-state index is -0.345. The van der Waals surface area contributed by atoms with E-state index in [2.05, 4.69) is 35.9 Å². The molecule has 3 rings (SSSR count). The average molecular weight is 457 g/mol. The number of hydrogen-bond donors (Lipinski definition) is 1. The zero-order chi connectivity index (χ0) is 22.2. The number of carbonyl (C=O) groups excluding carboxylic acids is 1. The van der Waals surface area contributed by atoms with Gasteiger partial charge in [-0.25, -0.2) is 4.39 Å². The molecule has 1 amide bonds. The Labute approximate surface area is 190 Å². The molecule has 162 valence electrons. The normalized spacial score (nSPS) is 11.0. The molecular formula is C23H25FN4OS2. The highest BCUT2D eigenvalue weighted by atomic mass is 32.2. The van der Waals surface area contributed by atoms with E-state index in [0.717, 1.165) is 16.3 Å². The number of thioether (sulfide) groups is 2. The Balaban J connectivity index is 1.74. The fourth-order valence-corrected chi connectivity index (χ4v) is 4.42. The zero-order valence-corrected chi connectivity index (χ0v) is 19.2. The van der Waals surface area contributed by atoms with E-state index in [-0.39, 0.29) is 17.5 Å². The molecule has 0 saturated carbocycles. The zero-order valence-electron chi connectivity index (χ0n) is 17.5. The predicted octanol–water partition coefficient (Wildman–Crippen LogP) is 5.75. The van der Waals surface area contributed by atoms with Gasteiger partial charge in [-0.2, -0.15) is 0 Å². The van der Waals surface area contributed by atoms with Crippen molar-refractivity contribution in [1.29, 1.82) is 0 Å². The first kappa shape index (κ1) is 23.1. The summed E-state index contributed by atoms with van der Waals surface area (Å²) in [7, 11) is 0. The minimum absolute atomic E-state index is 0.136. The third kappa shape index (κ3) is 6.21. The van der Waals surface area contributed by atoms with Crippen molar-refractivity contribution in [2.24, 2.45) is 5.92 Å². The number of rotatable bonds is 10. The summed E-state index contributed by atoms with van der Waals surface area (Å²) in [5.74, 6) is 1.24. The summed E-state index contributed by atoms with van der Waals surface area (Å²) < 4.78 is 16.2. The van der Waals surface area contributed by atoms with Gasteiger partial charge in [0.25, 0.3) is 0 Å². The van der Waals surface area contributed by atoms with Gasteiger partial charge >= 0.3 is 0 Å². The van der Waals surface area contributed by atoms with Crippen LogP contribution in [0.5, 0.6) is 0 Å². The molecule has 31 heavy (non-hydrogen) atoms. The second kappa shape index (κ2) is 11.2. The first-order valence-electron chi connectivity index (χ1n) is 9.93. The smallest absolute Gasteiger partial charge is 0.234 e. The Morgan fingerprint density at radius 3 is 2.65 bits per heavy atom. The maximum absolute atomic E-state index is 14.3. The molecule has 1 N–H and O–H groups in total. The van der Waals surface area contributed by atoms with Crippen molar-refractivity contribution in [1.82, 2.24) is 14.8 Å². The lowest BCUT2D eigenvalue weighted by atomic mass is 10.2. The summed E-state index contributed by atoms with van der Waals surface area (Å²) in [4.78, 5) is 13.6. The molecule has 0 bridgehead atoms. The number of benzene rings is 2. The van der Waals surface area contributed by atoms with Crippen molar-refractivity contribution in [2.45, 2.75) is 30.4 Å². The quantitative estimate of drug-likeness (QED) is 0.311. The molecule has 8 heteroatoms. The van der Waals surface area contributed by atoms with E-state index < -0.39 is 0 Å². The molecule has 0 atom stereocenters. The van der Waals surface area contributed by atoms with Crippen molar-refractivity contribution >= 4 is 35.1 Å². The SMILES string of the molecule is C=CCSc1ccccc1NC(=O)CSc1nnc(-c2ccccc2F)n1CC(C)C. The van der Waals surface area contributed by atoms with Gasteiger partial charge in [-0.1, -0.05) is 56.0 Å². The van der Waals surface area contributed by atoms with Crippen LogP contribution in [-0.2, 0) is 11.3 Å². The Morgan fingerprint density at radius 2 is 1.90 bits per heavy atom. The predicted molar refractivity (Wildman–Crippen MR) is 127 cm³/mol. The van der Waals surface area contributed by atoms with Gasteiger partial charge in [0.2, 0.25) is 5.91 Å². The van der Waals surface area contributed by atoms with Crippen LogP contribution in [0.1, 0.15) is 13.8 Å². The molecule has 1 aromatic heterocycles. The summed E-state index contributed by atoms with van der Waals surface area (Å²) in [5.41, 5.74) is 1.18. The van der Waals surface area contributed by atoms with Crippen LogP contribution < -0.4 is 5.32 Å². The summed E-state index contributed by atoms with van der Waals surface area (Å²) in [6, 6.07) is 14.2. The van der Waals surface area contributed by atoms with E-state index in [1.807, 2.05) is 34.9 Å². The molecule has 0 unspecified atom stereocenters. The molecule has 0 fully saturated rings. The number of anilines is 1. The van der Waals surface area contributed by atoms with E-state index >= 15 is 0 Å². The van der Waals surface area contributed by atoms with Gasteiger partial charge in [-0.15, -0.1) is 28.5 Å². The van der Waals surface area contributed by atoms with Crippen LogP contribution in [0.25, 0.3) is 11.4 Å². The van der Waals surface area contributed by atoms with Gasteiger partial charge in [-0.3, -0.25) is 4.79 Å². The number of halogens is 1. The Kier molecular flexibility index (Phi) is 8.31. The van der Waals surface area contributed by atoms with Crippen LogP contribution in [0.15, 0.2) is 71.2 Å². The summed E-state index contributed by atoms with van der Waals surface area (Å²) in [5, 5.41) is 12.0. The van der Waals surface area contributed by atoms with E-state index in [4.69, 9.17) is 0 Å². The number of nitrogens with one attached hydrogen (secondary N) is 1. The lowest BCUT2D eigenvalue weighted by molar-refractivity contribution is -0.113. The van der Waals surface area contributed by atoms with Gasteiger partial charge in [0, 0.05) is 17.2 Å². The van der Waals surface area contributed by atoms with Crippen LogP contribution >= 0.6 is 23.5 Å². The lowest BCUT2D eigenvalue weighted by Crippen LogP contribution is -2.15. The third-order valence-corrected chi connectivity index (χ3v) is 6.27.